The Morgan fingerprint density at radius 2 is 1.17 bits per heavy atom. The Morgan fingerprint density at radius 1 is 0.636 bits per heavy atom. The first-order valence-corrected chi connectivity index (χ1v) is 22.0. The third kappa shape index (κ3) is 9.05. The SMILES string of the molecule is Nc1ccc2c(c1)Cc1ccc(F)c(-c3cc(N4CCOCC4)cc(=O)[nH]3)c1O2.O=c1cc(N2CCOCC2)cc(-c2c(F)ccc3c2Oc2ccc(NCc4cccc(Cl)n4)cc2C3)[nH]1. The molecule has 13 nitrogen and oxygen atoms in total. The molecule has 0 bridgehead atoms. The van der Waals surface area contributed by atoms with Crippen LogP contribution in [0.1, 0.15) is 27.9 Å². The third-order valence-corrected chi connectivity index (χ3v) is 12.1. The summed E-state index contributed by atoms with van der Waals surface area (Å²) in [5.74, 6) is 1.24. The molecule has 3 aromatic heterocycles. The van der Waals surface area contributed by atoms with Crippen molar-refractivity contribution >= 4 is 34.4 Å². The largest absolute Gasteiger partial charge is 0.456 e. The number of ether oxygens (including phenoxy) is 4. The minimum atomic E-state index is -0.454. The number of nitrogens with zero attached hydrogens (tertiary/aromatic N) is 3. The summed E-state index contributed by atoms with van der Waals surface area (Å²) in [6.45, 7) is 5.61. The highest BCUT2D eigenvalue weighted by Gasteiger charge is 2.27. The average Bonchev–Trinajstić information content (AvgIpc) is 3.32. The Hall–Kier alpha value is -7.20. The molecule has 7 aromatic rings. The van der Waals surface area contributed by atoms with Gasteiger partial charge in [0.25, 0.3) is 0 Å². The van der Waals surface area contributed by atoms with Gasteiger partial charge in [0.2, 0.25) is 11.1 Å². The van der Waals surface area contributed by atoms with Crippen LogP contribution < -0.4 is 41.4 Å². The Balaban J connectivity index is 0.000000160. The van der Waals surface area contributed by atoms with Crippen LogP contribution in [-0.2, 0) is 28.9 Å². The topological polar surface area (TPSA) is 160 Å². The lowest BCUT2D eigenvalue weighted by Gasteiger charge is -2.29. The van der Waals surface area contributed by atoms with Crippen LogP contribution in [0.15, 0.2) is 113 Å². The van der Waals surface area contributed by atoms with Crippen molar-refractivity contribution in [2.45, 2.75) is 19.4 Å². The van der Waals surface area contributed by atoms with Gasteiger partial charge in [-0.1, -0.05) is 29.8 Å². The second kappa shape index (κ2) is 18.4. The summed E-state index contributed by atoms with van der Waals surface area (Å²) in [5.41, 5.74) is 14.1. The first-order chi connectivity index (χ1) is 32.1. The predicted octanol–water partition coefficient (Wildman–Crippen LogP) is 8.67. The van der Waals surface area contributed by atoms with Crippen LogP contribution in [0, 0.1) is 11.6 Å². The van der Waals surface area contributed by atoms with Gasteiger partial charge in [0, 0.05) is 96.2 Å². The zero-order chi connectivity index (χ0) is 45.3. The van der Waals surface area contributed by atoms with Crippen LogP contribution >= 0.6 is 11.6 Å². The van der Waals surface area contributed by atoms with Gasteiger partial charge in [0.1, 0.15) is 39.8 Å². The van der Waals surface area contributed by atoms with Gasteiger partial charge < -0.3 is 49.8 Å². The zero-order valence-electron chi connectivity index (χ0n) is 35.6. The third-order valence-electron chi connectivity index (χ3n) is 11.9. The number of H-pyrrole nitrogens is 2. The van der Waals surface area contributed by atoms with Crippen LogP contribution in [0.25, 0.3) is 22.5 Å². The second-order valence-electron chi connectivity index (χ2n) is 16.3. The standard InChI is InChI=1S/C28H24ClFN4O3.C22H20FN3O3/c29-25-3-1-2-20(32-25)16-31-19-5-7-24-18(13-19)12-17-4-6-22(30)27(28(17)37-24)23-14-21(15-26(35)33-23)34-8-10-36-11-9-34;23-17-3-1-13-9-14-10-15(24)2-4-19(14)29-22(13)21(17)18-11-16(12-20(27)25-18)26-5-7-28-8-6-26/h1-7,13-15,31H,8-12,16H2,(H,33,35);1-4,10-12H,5-9,24H2,(H,25,27). The summed E-state index contributed by atoms with van der Waals surface area (Å²) in [7, 11) is 0. The van der Waals surface area contributed by atoms with E-state index in [4.69, 9.17) is 36.3 Å². The monoisotopic (exact) mass is 911 g/mol. The summed E-state index contributed by atoms with van der Waals surface area (Å²) in [4.78, 5) is 38.9. The molecule has 0 amide bonds. The van der Waals surface area contributed by atoms with E-state index in [1.807, 2.05) is 36.4 Å². The van der Waals surface area contributed by atoms with Gasteiger partial charge in [-0.05, 0) is 72.8 Å². The Kier molecular flexibility index (Phi) is 11.9. The quantitative estimate of drug-likeness (QED) is 0.0895. The number of hydrogen-bond donors (Lipinski definition) is 4. The van der Waals surface area contributed by atoms with Crippen LogP contribution in [0.4, 0.5) is 31.5 Å². The van der Waals surface area contributed by atoms with Gasteiger partial charge >= 0.3 is 0 Å². The van der Waals surface area contributed by atoms with E-state index >= 15 is 4.39 Å². The fourth-order valence-electron chi connectivity index (χ4n) is 8.69. The summed E-state index contributed by atoms with van der Waals surface area (Å²) in [6, 6.07) is 29.7. The first kappa shape index (κ1) is 42.7. The van der Waals surface area contributed by atoms with Crippen molar-refractivity contribution in [1.82, 2.24) is 15.0 Å². The van der Waals surface area contributed by atoms with Gasteiger partial charge in [-0.15, -0.1) is 0 Å². The molecule has 7 heterocycles. The maximum Gasteiger partial charge on any atom is 0.250 e. The fourth-order valence-corrected chi connectivity index (χ4v) is 8.87. The molecule has 66 heavy (non-hydrogen) atoms. The molecule has 0 atom stereocenters. The Morgan fingerprint density at radius 3 is 1.71 bits per heavy atom. The molecule has 0 aliphatic carbocycles. The van der Waals surface area contributed by atoms with Crippen molar-refractivity contribution < 1.29 is 27.7 Å². The number of nitrogens with one attached hydrogen (secondary N) is 3. The molecule has 0 radical (unpaired) electrons. The number of morpholine rings is 2. The maximum atomic E-state index is 15.2. The molecular formula is C50H44ClF2N7O6. The smallest absolute Gasteiger partial charge is 0.250 e. The van der Waals surface area contributed by atoms with E-state index in [2.05, 4.69) is 30.1 Å². The van der Waals surface area contributed by atoms with E-state index < -0.39 is 11.6 Å². The lowest BCUT2D eigenvalue weighted by Crippen LogP contribution is -2.36. The zero-order valence-corrected chi connectivity index (χ0v) is 36.4. The second-order valence-corrected chi connectivity index (χ2v) is 16.7. The van der Waals surface area contributed by atoms with Crippen molar-refractivity contribution in [1.29, 1.82) is 0 Å². The highest BCUT2D eigenvalue weighted by molar-refractivity contribution is 6.29. The van der Waals surface area contributed by atoms with E-state index in [0.29, 0.717) is 117 Å². The van der Waals surface area contributed by atoms with E-state index in [9.17, 15) is 14.0 Å². The van der Waals surface area contributed by atoms with E-state index in [0.717, 1.165) is 45.0 Å². The average molecular weight is 912 g/mol. The highest BCUT2D eigenvalue weighted by atomic mass is 35.5. The van der Waals surface area contributed by atoms with Crippen LogP contribution in [-0.4, -0.2) is 67.6 Å². The van der Waals surface area contributed by atoms with Crippen LogP contribution in [0.2, 0.25) is 5.15 Å². The van der Waals surface area contributed by atoms with Crippen molar-refractivity contribution in [3.05, 3.63) is 169 Å². The van der Waals surface area contributed by atoms with Gasteiger partial charge in [-0.25, -0.2) is 13.8 Å². The van der Waals surface area contributed by atoms with Crippen LogP contribution in [0.5, 0.6) is 23.0 Å². The van der Waals surface area contributed by atoms with Crippen molar-refractivity contribution in [2.24, 2.45) is 0 Å². The number of hydrogen-bond acceptors (Lipinski definition) is 11. The van der Waals surface area contributed by atoms with Gasteiger partial charge in [0.05, 0.1) is 61.2 Å². The van der Waals surface area contributed by atoms with Crippen molar-refractivity contribution in [3.63, 3.8) is 0 Å². The predicted molar refractivity (Wildman–Crippen MR) is 251 cm³/mol. The molecule has 0 saturated carbocycles. The molecule has 5 N–H and O–H groups in total. The summed E-state index contributed by atoms with van der Waals surface area (Å²) < 4.78 is 53.3. The van der Waals surface area contributed by atoms with E-state index in [1.54, 1.807) is 42.5 Å². The maximum absolute atomic E-state index is 15.2. The molecule has 2 saturated heterocycles. The number of nitrogen functional groups attached to an aromatic ring is 1. The number of aromatic amines is 2. The van der Waals surface area contributed by atoms with E-state index in [1.165, 1.54) is 24.3 Å². The number of nitrogens with two attached hydrogens (primary N) is 1. The van der Waals surface area contributed by atoms with Crippen LogP contribution in [0.3, 0.4) is 0 Å². The molecular weight excluding hydrogens is 868 g/mol. The van der Waals surface area contributed by atoms with Crippen molar-refractivity contribution in [2.75, 3.05) is 73.5 Å². The number of fused-ring (bicyclic) bond motifs is 4. The number of pyridine rings is 3. The number of rotatable bonds is 7. The number of anilines is 4. The lowest BCUT2D eigenvalue weighted by atomic mass is 9.95. The molecule has 0 spiro atoms. The Labute approximate surface area is 382 Å². The van der Waals surface area contributed by atoms with E-state index in [-0.39, 0.29) is 22.2 Å². The molecule has 16 heteroatoms. The molecule has 11 rings (SSSR count). The first-order valence-electron chi connectivity index (χ1n) is 21.6. The molecule has 4 aliphatic heterocycles. The summed E-state index contributed by atoms with van der Waals surface area (Å²) in [5, 5.41) is 3.82. The lowest BCUT2D eigenvalue weighted by molar-refractivity contribution is 0.122. The fraction of sp³-hybridized carbons (Fsp3) is 0.220. The summed E-state index contributed by atoms with van der Waals surface area (Å²) >= 11 is 5.99. The molecule has 0 unspecified atom stereocenters. The molecule has 2 fully saturated rings. The highest BCUT2D eigenvalue weighted by Crippen LogP contribution is 2.46. The van der Waals surface area contributed by atoms with Gasteiger partial charge in [0.15, 0.2) is 0 Å². The normalized spacial score (nSPS) is 14.9. The minimum absolute atomic E-state index is 0.254. The molecule has 4 aromatic carbocycles. The molecule has 4 aliphatic rings. The molecule has 336 valence electrons. The number of benzene rings is 4. The van der Waals surface area contributed by atoms with Gasteiger partial charge in [-0.2, -0.15) is 0 Å². The van der Waals surface area contributed by atoms with Gasteiger partial charge in [-0.3, -0.25) is 9.59 Å². The van der Waals surface area contributed by atoms with Crippen molar-refractivity contribution in [3.8, 4) is 45.5 Å². The Bertz CT molecular complexity index is 3100. The number of halogens is 3. The summed E-state index contributed by atoms with van der Waals surface area (Å²) in [6.07, 6.45) is 1.15. The number of aromatic nitrogens is 3. The minimum Gasteiger partial charge on any atom is -0.456 e.